The Morgan fingerprint density at radius 2 is 2.00 bits per heavy atom. The van der Waals surface area contributed by atoms with Crippen molar-refractivity contribution in [1.82, 2.24) is 15.0 Å². The lowest BCUT2D eigenvalue weighted by molar-refractivity contribution is 0.826. The van der Waals surface area contributed by atoms with Gasteiger partial charge in [-0.3, -0.25) is 0 Å². The third-order valence-corrected chi connectivity index (χ3v) is 3.88. The number of unbranched alkanes of at least 4 members (excludes halogenated alkanes) is 1. The Labute approximate surface area is 113 Å². The molecule has 1 aliphatic heterocycles. The molecule has 0 amide bonds. The predicted octanol–water partition coefficient (Wildman–Crippen LogP) is 2.41. The average molecular weight is 267 g/mol. The Bertz CT molecular complexity index is 379. The minimum atomic E-state index is 0.672. The van der Waals surface area contributed by atoms with E-state index in [4.69, 9.17) is 0 Å². The zero-order valence-corrected chi connectivity index (χ0v) is 12.0. The average Bonchev–Trinajstić information content (AvgIpc) is 2.92. The second kappa shape index (κ2) is 6.78. The Hall–Kier alpha value is -1.04. The predicted molar refractivity (Wildman–Crippen MR) is 76.5 cm³/mol. The summed E-state index contributed by atoms with van der Waals surface area (Å²) in [6, 6.07) is 0. The summed E-state index contributed by atoms with van der Waals surface area (Å²) in [5.41, 5.74) is 0. The fourth-order valence-corrected chi connectivity index (χ4v) is 2.80. The third-order valence-electron chi connectivity index (χ3n) is 2.94. The maximum Gasteiger partial charge on any atom is 0.231 e. The van der Waals surface area contributed by atoms with Crippen molar-refractivity contribution in [2.24, 2.45) is 0 Å². The molecule has 6 heteroatoms. The van der Waals surface area contributed by atoms with Crippen molar-refractivity contribution in [3.63, 3.8) is 0 Å². The molecule has 2 rings (SSSR count). The van der Waals surface area contributed by atoms with E-state index in [0.717, 1.165) is 29.9 Å². The summed E-state index contributed by atoms with van der Waals surface area (Å²) < 4.78 is 0. The molecule has 0 radical (unpaired) electrons. The normalized spacial score (nSPS) is 15.1. The summed E-state index contributed by atoms with van der Waals surface area (Å²) in [4.78, 5) is 15.6. The molecule has 100 valence electrons. The molecule has 1 fully saturated rings. The quantitative estimate of drug-likeness (QED) is 0.631. The molecule has 0 aromatic carbocycles. The first-order chi connectivity index (χ1) is 8.83. The Morgan fingerprint density at radius 1 is 1.22 bits per heavy atom. The summed E-state index contributed by atoms with van der Waals surface area (Å²) in [5.74, 6) is 2.57. The van der Waals surface area contributed by atoms with E-state index in [9.17, 15) is 0 Å². The van der Waals surface area contributed by atoms with E-state index in [1.807, 2.05) is 7.05 Å². The SMILES string of the molecule is CCCCSc1nc(NC)nc(N2CCCC2)n1. The molecule has 2 heterocycles. The van der Waals surface area contributed by atoms with Crippen LogP contribution in [0.5, 0.6) is 0 Å². The van der Waals surface area contributed by atoms with Crippen molar-refractivity contribution in [3.05, 3.63) is 0 Å². The van der Waals surface area contributed by atoms with Gasteiger partial charge < -0.3 is 10.2 Å². The van der Waals surface area contributed by atoms with Crippen LogP contribution in [0, 0.1) is 0 Å². The Balaban J connectivity index is 2.10. The minimum absolute atomic E-state index is 0.672. The lowest BCUT2D eigenvalue weighted by Gasteiger charge is -2.16. The molecule has 0 saturated carbocycles. The van der Waals surface area contributed by atoms with E-state index >= 15 is 0 Å². The van der Waals surface area contributed by atoms with Crippen LogP contribution in [0.1, 0.15) is 32.6 Å². The van der Waals surface area contributed by atoms with Crippen LogP contribution in [0.2, 0.25) is 0 Å². The third kappa shape index (κ3) is 3.48. The summed E-state index contributed by atoms with van der Waals surface area (Å²) in [7, 11) is 1.85. The van der Waals surface area contributed by atoms with Gasteiger partial charge in [0.2, 0.25) is 11.9 Å². The van der Waals surface area contributed by atoms with E-state index in [1.165, 1.54) is 25.7 Å². The van der Waals surface area contributed by atoms with Crippen LogP contribution in [0.25, 0.3) is 0 Å². The van der Waals surface area contributed by atoms with Crippen molar-refractivity contribution in [2.75, 3.05) is 36.1 Å². The molecule has 0 atom stereocenters. The number of aromatic nitrogens is 3. The van der Waals surface area contributed by atoms with Crippen LogP contribution in [0.3, 0.4) is 0 Å². The van der Waals surface area contributed by atoms with Crippen LogP contribution in [0.4, 0.5) is 11.9 Å². The molecule has 1 saturated heterocycles. The van der Waals surface area contributed by atoms with Gasteiger partial charge in [-0.1, -0.05) is 25.1 Å². The molecule has 1 N–H and O–H groups in total. The molecular weight excluding hydrogens is 246 g/mol. The van der Waals surface area contributed by atoms with E-state index in [-0.39, 0.29) is 0 Å². The molecule has 0 unspecified atom stereocenters. The van der Waals surface area contributed by atoms with Gasteiger partial charge in [-0.05, 0) is 19.3 Å². The fraction of sp³-hybridized carbons (Fsp3) is 0.750. The highest BCUT2D eigenvalue weighted by atomic mass is 32.2. The number of thioether (sulfide) groups is 1. The maximum atomic E-state index is 4.56. The monoisotopic (exact) mass is 267 g/mol. The van der Waals surface area contributed by atoms with Gasteiger partial charge >= 0.3 is 0 Å². The van der Waals surface area contributed by atoms with Gasteiger partial charge in [0, 0.05) is 25.9 Å². The van der Waals surface area contributed by atoms with Crippen molar-refractivity contribution in [3.8, 4) is 0 Å². The minimum Gasteiger partial charge on any atom is -0.357 e. The number of hydrogen-bond donors (Lipinski definition) is 1. The Kier molecular flexibility index (Phi) is 5.04. The van der Waals surface area contributed by atoms with E-state index < -0.39 is 0 Å². The molecule has 1 aromatic rings. The lowest BCUT2D eigenvalue weighted by atomic mass is 10.4. The van der Waals surface area contributed by atoms with Crippen LogP contribution in [0.15, 0.2) is 5.16 Å². The first kappa shape index (κ1) is 13.4. The number of nitrogens with zero attached hydrogens (tertiary/aromatic N) is 4. The molecule has 0 spiro atoms. The van der Waals surface area contributed by atoms with E-state index in [1.54, 1.807) is 11.8 Å². The summed E-state index contributed by atoms with van der Waals surface area (Å²) in [5, 5.41) is 3.86. The van der Waals surface area contributed by atoms with Gasteiger partial charge in [0.05, 0.1) is 0 Å². The van der Waals surface area contributed by atoms with Crippen molar-refractivity contribution in [2.45, 2.75) is 37.8 Å². The number of nitrogens with one attached hydrogen (secondary N) is 1. The van der Waals surface area contributed by atoms with Gasteiger partial charge in [0.15, 0.2) is 5.16 Å². The van der Waals surface area contributed by atoms with E-state index in [0.29, 0.717) is 5.95 Å². The zero-order chi connectivity index (χ0) is 12.8. The van der Waals surface area contributed by atoms with Gasteiger partial charge in [-0.15, -0.1) is 0 Å². The molecule has 18 heavy (non-hydrogen) atoms. The summed E-state index contributed by atoms with van der Waals surface area (Å²) >= 11 is 1.72. The number of hydrogen-bond acceptors (Lipinski definition) is 6. The number of anilines is 2. The van der Waals surface area contributed by atoms with Crippen molar-refractivity contribution < 1.29 is 0 Å². The standard InChI is InChI=1S/C12H21N5S/c1-3-4-9-18-12-15-10(13-2)14-11(16-12)17-7-5-6-8-17/h3-9H2,1-2H3,(H,13,14,15,16). The highest BCUT2D eigenvalue weighted by Gasteiger charge is 2.17. The highest BCUT2D eigenvalue weighted by molar-refractivity contribution is 7.99. The largest absolute Gasteiger partial charge is 0.357 e. The van der Waals surface area contributed by atoms with Gasteiger partial charge in [-0.25, -0.2) is 0 Å². The lowest BCUT2D eigenvalue weighted by Crippen LogP contribution is -2.21. The van der Waals surface area contributed by atoms with E-state index in [2.05, 4.69) is 32.1 Å². The first-order valence-corrected chi connectivity index (χ1v) is 7.63. The van der Waals surface area contributed by atoms with Gasteiger partial charge in [-0.2, -0.15) is 15.0 Å². The smallest absolute Gasteiger partial charge is 0.231 e. The maximum absolute atomic E-state index is 4.56. The van der Waals surface area contributed by atoms with Gasteiger partial charge in [0.1, 0.15) is 0 Å². The van der Waals surface area contributed by atoms with Crippen LogP contribution in [-0.4, -0.2) is 40.8 Å². The summed E-state index contributed by atoms with van der Waals surface area (Å²) in [6.45, 7) is 4.32. The van der Waals surface area contributed by atoms with Gasteiger partial charge in [0.25, 0.3) is 0 Å². The van der Waals surface area contributed by atoms with Crippen LogP contribution < -0.4 is 10.2 Å². The molecular formula is C12H21N5S. The Morgan fingerprint density at radius 3 is 2.67 bits per heavy atom. The van der Waals surface area contributed by atoms with Crippen LogP contribution >= 0.6 is 11.8 Å². The molecule has 0 aliphatic carbocycles. The highest BCUT2D eigenvalue weighted by Crippen LogP contribution is 2.21. The topological polar surface area (TPSA) is 53.9 Å². The summed E-state index contributed by atoms with van der Waals surface area (Å²) in [6.07, 6.45) is 4.87. The molecule has 1 aromatic heterocycles. The first-order valence-electron chi connectivity index (χ1n) is 6.65. The van der Waals surface area contributed by atoms with Crippen molar-refractivity contribution in [1.29, 1.82) is 0 Å². The number of rotatable bonds is 6. The second-order valence-electron chi connectivity index (χ2n) is 4.39. The second-order valence-corrected chi connectivity index (χ2v) is 5.45. The molecule has 1 aliphatic rings. The zero-order valence-electron chi connectivity index (χ0n) is 11.1. The van der Waals surface area contributed by atoms with Crippen LogP contribution in [-0.2, 0) is 0 Å². The van der Waals surface area contributed by atoms with Crippen molar-refractivity contribution >= 4 is 23.7 Å². The fourth-order valence-electron chi connectivity index (χ4n) is 1.89. The molecule has 5 nitrogen and oxygen atoms in total. The molecule has 0 bridgehead atoms.